The number of fused-ring (bicyclic) bond motifs is 1. The van der Waals surface area contributed by atoms with Gasteiger partial charge in [-0.3, -0.25) is 4.79 Å². The van der Waals surface area contributed by atoms with Gasteiger partial charge in [0.1, 0.15) is 15.2 Å². The number of amides is 1. The fourth-order valence-electron chi connectivity index (χ4n) is 2.30. The molecule has 106 valence electrons. The molecule has 1 saturated carbocycles. The first-order valence-electron chi connectivity index (χ1n) is 6.99. The van der Waals surface area contributed by atoms with E-state index in [4.69, 9.17) is 5.73 Å². The molecule has 1 aliphatic carbocycles. The Morgan fingerprint density at radius 3 is 2.85 bits per heavy atom. The molecule has 2 heterocycles. The number of aromatic nitrogens is 2. The zero-order valence-electron chi connectivity index (χ0n) is 11.5. The molecule has 0 aliphatic heterocycles. The largest absolute Gasteiger partial charge is 0.396 e. The van der Waals surface area contributed by atoms with Gasteiger partial charge >= 0.3 is 0 Å². The van der Waals surface area contributed by atoms with Crippen LogP contribution in [-0.2, 0) is 0 Å². The van der Waals surface area contributed by atoms with E-state index < -0.39 is 0 Å². The summed E-state index contributed by atoms with van der Waals surface area (Å²) in [6.45, 7) is 3.72. The second kappa shape index (κ2) is 5.36. The molecule has 0 radical (unpaired) electrons. The number of nitrogens with zero attached hydrogens (tertiary/aromatic N) is 3. The minimum Gasteiger partial charge on any atom is -0.396 e. The Hall–Kier alpha value is -1.69. The van der Waals surface area contributed by atoms with Crippen LogP contribution in [-0.4, -0.2) is 33.9 Å². The fraction of sp³-hybridized carbons (Fsp3) is 0.500. The molecule has 0 saturated heterocycles. The second-order valence-electron chi connectivity index (χ2n) is 5.25. The van der Waals surface area contributed by atoms with E-state index in [-0.39, 0.29) is 5.91 Å². The third kappa shape index (κ3) is 2.47. The molecular formula is C14H18N4OS. The van der Waals surface area contributed by atoms with E-state index in [2.05, 4.69) is 16.9 Å². The number of nitrogens with two attached hydrogens (primary N) is 1. The van der Waals surface area contributed by atoms with Gasteiger partial charge in [-0.2, -0.15) is 0 Å². The predicted octanol–water partition coefficient (Wildman–Crippen LogP) is 2.54. The van der Waals surface area contributed by atoms with Crippen molar-refractivity contribution in [1.29, 1.82) is 0 Å². The summed E-state index contributed by atoms with van der Waals surface area (Å²) in [6.07, 6.45) is 6.66. The molecule has 1 fully saturated rings. The van der Waals surface area contributed by atoms with Crippen LogP contribution in [0.4, 0.5) is 5.69 Å². The van der Waals surface area contributed by atoms with Gasteiger partial charge in [-0.05, 0) is 25.2 Å². The summed E-state index contributed by atoms with van der Waals surface area (Å²) in [7, 11) is 0. The van der Waals surface area contributed by atoms with Gasteiger partial charge in [0.2, 0.25) is 0 Å². The lowest BCUT2D eigenvalue weighted by Crippen LogP contribution is -2.33. The molecule has 2 N–H and O–H groups in total. The van der Waals surface area contributed by atoms with Gasteiger partial charge in [0.25, 0.3) is 5.91 Å². The molecule has 3 rings (SSSR count). The zero-order chi connectivity index (χ0) is 14.1. The maximum Gasteiger partial charge on any atom is 0.266 e. The number of hydrogen-bond donors (Lipinski definition) is 1. The molecule has 1 aliphatic rings. The molecule has 0 aromatic carbocycles. The SMILES string of the molecule is CCCN(CC1CC1)C(=O)c1sc2nccnc2c1N. The molecule has 1 amide bonds. The Morgan fingerprint density at radius 2 is 2.20 bits per heavy atom. The predicted molar refractivity (Wildman–Crippen MR) is 80.7 cm³/mol. The summed E-state index contributed by atoms with van der Waals surface area (Å²) >= 11 is 1.34. The molecule has 2 aromatic heterocycles. The van der Waals surface area contributed by atoms with Crippen molar-refractivity contribution in [3.05, 3.63) is 17.3 Å². The molecule has 0 unspecified atom stereocenters. The van der Waals surface area contributed by atoms with Crippen molar-refractivity contribution in [2.45, 2.75) is 26.2 Å². The van der Waals surface area contributed by atoms with Crippen LogP contribution in [0.2, 0.25) is 0 Å². The van der Waals surface area contributed by atoms with E-state index in [1.54, 1.807) is 12.4 Å². The highest BCUT2D eigenvalue weighted by Gasteiger charge is 2.29. The molecule has 20 heavy (non-hydrogen) atoms. The summed E-state index contributed by atoms with van der Waals surface area (Å²) in [4.78, 5) is 24.4. The summed E-state index contributed by atoms with van der Waals surface area (Å²) < 4.78 is 0. The van der Waals surface area contributed by atoms with Crippen LogP contribution >= 0.6 is 11.3 Å². The number of anilines is 1. The maximum atomic E-state index is 12.7. The quantitative estimate of drug-likeness (QED) is 0.918. The molecule has 0 bridgehead atoms. The minimum absolute atomic E-state index is 0.0288. The van der Waals surface area contributed by atoms with Crippen molar-refractivity contribution in [2.24, 2.45) is 5.92 Å². The molecule has 0 atom stereocenters. The molecule has 0 spiro atoms. The van der Waals surface area contributed by atoms with Crippen molar-refractivity contribution in [3.8, 4) is 0 Å². The van der Waals surface area contributed by atoms with Crippen molar-refractivity contribution in [1.82, 2.24) is 14.9 Å². The summed E-state index contributed by atoms with van der Waals surface area (Å²) in [6, 6.07) is 0. The van der Waals surface area contributed by atoms with E-state index in [0.717, 1.165) is 24.3 Å². The van der Waals surface area contributed by atoms with Gasteiger partial charge in [0.15, 0.2) is 0 Å². The number of carbonyl (C=O) groups is 1. The van der Waals surface area contributed by atoms with Gasteiger partial charge in [-0.15, -0.1) is 11.3 Å². The average molecular weight is 290 g/mol. The van der Waals surface area contributed by atoms with E-state index in [9.17, 15) is 4.79 Å². The second-order valence-corrected chi connectivity index (χ2v) is 6.25. The Labute approximate surface area is 121 Å². The Kier molecular flexibility index (Phi) is 3.56. The van der Waals surface area contributed by atoms with Crippen molar-refractivity contribution < 1.29 is 4.79 Å². The van der Waals surface area contributed by atoms with Crippen LogP contribution in [0.1, 0.15) is 35.9 Å². The van der Waals surface area contributed by atoms with Crippen molar-refractivity contribution in [2.75, 3.05) is 18.8 Å². The third-order valence-electron chi connectivity index (χ3n) is 3.51. The number of carbonyl (C=O) groups excluding carboxylic acids is 1. The summed E-state index contributed by atoms with van der Waals surface area (Å²) in [5.41, 5.74) is 7.20. The van der Waals surface area contributed by atoms with Crippen LogP contribution in [0.15, 0.2) is 12.4 Å². The third-order valence-corrected chi connectivity index (χ3v) is 4.60. The Bertz CT molecular complexity index is 635. The smallest absolute Gasteiger partial charge is 0.266 e. The lowest BCUT2D eigenvalue weighted by Gasteiger charge is -2.21. The summed E-state index contributed by atoms with van der Waals surface area (Å²) in [5.74, 6) is 0.707. The van der Waals surface area contributed by atoms with E-state index >= 15 is 0 Å². The minimum atomic E-state index is 0.0288. The Morgan fingerprint density at radius 1 is 1.45 bits per heavy atom. The number of thiophene rings is 1. The topological polar surface area (TPSA) is 72.1 Å². The fourth-order valence-corrected chi connectivity index (χ4v) is 3.29. The van der Waals surface area contributed by atoms with Crippen LogP contribution in [0.25, 0.3) is 10.3 Å². The molecular weight excluding hydrogens is 272 g/mol. The summed E-state index contributed by atoms with van der Waals surface area (Å²) in [5, 5.41) is 0. The van der Waals surface area contributed by atoms with Crippen LogP contribution in [0.3, 0.4) is 0 Å². The monoisotopic (exact) mass is 290 g/mol. The lowest BCUT2D eigenvalue weighted by atomic mass is 10.2. The van der Waals surface area contributed by atoms with Gasteiger partial charge in [0.05, 0.1) is 5.69 Å². The Balaban J connectivity index is 1.91. The number of rotatable bonds is 5. The zero-order valence-corrected chi connectivity index (χ0v) is 12.3. The van der Waals surface area contributed by atoms with Crippen molar-refractivity contribution >= 4 is 33.3 Å². The average Bonchev–Trinajstić information content (AvgIpc) is 3.21. The van der Waals surface area contributed by atoms with Gasteiger partial charge < -0.3 is 10.6 Å². The highest BCUT2D eigenvalue weighted by atomic mass is 32.1. The van der Waals surface area contributed by atoms with Gasteiger partial charge in [-0.25, -0.2) is 9.97 Å². The first-order valence-corrected chi connectivity index (χ1v) is 7.80. The standard InChI is InChI=1S/C14H18N4OS/c1-2-7-18(8-9-3-4-9)14(19)12-10(15)11-13(20-12)17-6-5-16-11/h5-6,9H,2-4,7-8,15H2,1H3. The number of hydrogen-bond acceptors (Lipinski definition) is 5. The molecule has 5 nitrogen and oxygen atoms in total. The lowest BCUT2D eigenvalue weighted by molar-refractivity contribution is 0.0753. The normalized spacial score (nSPS) is 14.7. The van der Waals surface area contributed by atoms with Crippen LogP contribution < -0.4 is 5.73 Å². The van der Waals surface area contributed by atoms with Gasteiger partial charge in [0, 0.05) is 25.5 Å². The first kappa shape index (κ1) is 13.3. The van der Waals surface area contributed by atoms with Crippen LogP contribution in [0.5, 0.6) is 0 Å². The molecule has 6 heteroatoms. The first-order chi connectivity index (χ1) is 9.70. The van der Waals surface area contributed by atoms with Gasteiger partial charge in [-0.1, -0.05) is 6.92 Å². The van der Waals surface area contributed by atoms with E-state index in [0.29, 0.717) is 22.0 Å². The number of nitrogen functional groups attached to an aromatic ring is 1. The van der Waals surface area contributed by atoms with E-state index in [1.807, 2.05) is 4.90 Å². The van der Waals surface area contributed by atoms with Crippen molar-refractivity contribution in [3.63, 3.8) is 0 Å². The van der Waals surface area contributed by atoms with E-state index in [1.165, 1.54) is 24.2 Å². The van der Waals surface area contributed by atoms with Crippen LogP contribution in [0, 0.1) is 5.92 Å². The molecule has 2 aromatic rings. The highest BCUT2D eigenvalue weighted by molar-refractivity contribution is 7.21. The highest BCUT2D eigenvalue weighted by Crippen LogP contribution is 2.34. The maximum absolute atomic E-state index is 12.7.